The molecule has 2 heterocycles. The second-order valence-electron chi connectivity index (χ2n) is 5.48. The fourth-order valence-electron chi connectivity index (χ4n) is 3.11. The molecule has 0 spiro atoms. The molecule has 0 saturated carbocycles. The Hall–Kier alpha value is -0.0700. The molecule has 2 rings (SSSR count). The van der Waals surface area contributed by atoms with Crippen molar-refractivity contribution < 1.29 is 9.53 Å². The first-order valence-corrected chi connectivity index (χ1v) is 6.92. The molecule has 5 nitrogen and oxygen atoms in total. The molecule has 7 heteroatoms. The van der Waals surface area contributed by atoms with E-state index in [1.807, 2.05) is 4.90 Å². The minimum atomic E-state index is -0.147. The minimum Gasteiger partial charge on any atom is -0.380 e. The smallest absolute Gasteiger partial charge is 0.225 e. The number of amides is 1. The molecular weight excluding hydrogens is 301 g/mol. The topological polar surface area (TPSA) is 58.8 Å². The van der Waals surface area contributed by atoms with Gasteiger partial charge in [0.1, 0.15) is 0 Å². The molecule has 3 atom stereocenters. The van der Waals surface area contributed by atoms with E-state index in [-0.39, 0.29) is 36.8 Å². The van der Waals surface area contributed by atoms with Crippen LogP contribution in [0.25, 0.3) is 0 Å². The zero-order valence-corrected chi connectivity index (χ0v) is 13.9. The van der Waals surface area contributed by atoms with Crippen molar-refractivity contribution in [2.24, 2.45) is 5.73 Å². The highest BCUT2D eigenvalue weighted by Crippen LogP contribution is 2.25. The number of ether oxygens (including phenoxy) is 1. The van der Waals surface area contributed by atoms with Crippen LogP contribution < -0.4 is 5.73 Å². The lowest BCUT2D eigenvalue weighted by Crippen LogP contribution is -2.57. The number of halogens is 2. The molecule has 2 N–H and O–H groups in total. The summed E-state index contributed by atoms with van der Waals surface area (Å²) >= 11 is 0. The van der Waals surface area contributed by atoms with Crippen molar-refractivity contribution in [1.29, 1.82) is 0 Å². The number of piperazine rings is 1. The summed E-state index contributed by atoms with van der Waals surface area (Å²) in [4.78, 5) is 16.8. The second kappa shape index (κ2) is 9.05. The van der Waals surface area contributed by atoms with Crippen LogP contribution in [0.3, 0.4) is 0 Å². The number of carbonyl (C=O) groups is 1. The molecule has 120 valence electrons. The zero-order chi connectivity index (χ0) is 13.1. The van der Waals surface area contributed by atoms with Crippen molar-refractivity contribution in [2.75, 3.05) is 33.3 Å². The van der Waals surface area contributed by atoms with Crippen molar-refractivity contribution in [1.82, 2.24) is 9.80 Å². The van der Waals surface area contributed by atoms with Gasteiger partial charge in [0, 0.05) is 38.8 Å². The minimum absolute atomic E-state index is 0. The number of hydrogen-bond acceptors (Lipinski definition) is 4. The summed E-state index contributed by atoms with van der Waals surface area (Å²) in [5.41, 5.74) is 5.58. The molecule has 0 aliphatic carbocycles. The summed E-state index contributed by atoms with van der Waals surface area (Å²) in [7, 11) is 1.61. The highest BCUT2D eigenvalue weighted by atomic mass is 35.5. The van der Waals surface area contributed by atoms with Crippen LogP contribution in [-0.2, 0) is 9.53 Å². The molecule has 3 unspecified atom stereocenters. The Morgan fingerprint density at radius 1 is 1.40 bits per heavy atom. The first-order valence-electron chi connectivity index (χ1n) is 6.92. The predicted molar refractivity (Wildman–Crippen MR) is 84.7 cm³/mol. The van der Waals surface area contributed by atoms with Crippen molar-refractivity contribution in [3.05, 3.63) is 0 Å². The number of carbonyl (C=O) groups excluding carboxylic acids is 1. The summed E-state index contributed by atoms with van der Waals surface area (Å²) < 4.78 is 5.20. The SMILES string of the molecule is COC(CN)CC(=O)N1CC2CCCN2CC1C.Cl.Cl. The number of nitrogens with zero attached hydrogens (tertiary/aromatic N) is 2. The van der Waals surface area contributed by atoms with Gasteiger partial charge in [-0.25, -0.2) is 0 Å². The monoisotopic (exact) mass is 327 g/mol. The quantitative estimate of drug-likeness (QED) is 0.833. The third-order valence-corrected chi connectivity index (χ3v) is 4.26. The van der Waals surface area contributed by atoms with Gasteiger partial charge in [0.2, 0.25) is 5.91 Å². The molecule has 2 fully saturated rings. The number of rotatable bonds is 4. The van der Waals surface area contributed by atoms with Crippen LogP contribution in [0.5, 0.6) is 0 Å². The summed E-state index contributed by atoms with van der Waals surface area (Å²) in [5, 5.41) is 0. The largest absolute Gasteiger partial charge is 0.380 e. The van der Waals surface area contributed by atoms with E-state index in [0.717, 1.165) is 13.1 Å². The Morgan fingerprint density at radius 2 is 2.10 bits per heavy atom. The van der Waals surface area contributed by atoms with E-state index >= 15 is 0 Å². The Balaban J connectivity index is 0.00000180. The van der Waals surface area contributed by atoms with Gasteiger partial charge in [-0.1, -0.05) is 0 Å². The maximum atomic E-state index is 12.3. The van der Waals surface area contributed by atoms with Crippen LogP contribution >= 0.6 is 24.8 Å². The van der Waals surface area contributed by atoms with E-state index in [2.05, 4.69) is 11.8 Å². The number of hydrogen-bond donors (Lipinski definition) is 1. The summed E-state index contributed by atoms with van der Waals surface area (Å²) in [6.07, 6.45) is 2.75. The Morgan fingerprint density at radius 3 is 2.70 bits per heavy atom. The molecule has 1 amide bonds. The summed E-state index contributed by atoms with van der Waals surface area (Å²) in [6.45, 7) is 5.62. The van der Waals surface area contributed by atoms with Crippen LogP contribution in [0.4, 0.5) is 0 Å². The molecule has 20 heavy (non-hydrogen) atoms. The zero-order valence-electron chi connectivity index (χ0n) is 12.3. The molecule has 2 saturated heterocycles. The van der Waals surface area contributed by atoms with Crippen LogP contribution in [0.1, 0.15) is 26.2 Å². The molecule has 2 aliphatic heterocycles. The van der Waals surface area contributed by atoms with Crippen LogP contribution in [0, 0.1) is 0 Å². The third-order valence-electron chi connectivity index (χ3n) is 4.26. The van der Waals surface area contributed by atoms with E-state index < -0.39 is 0 Å². The van der Waals surface area contributed by atoms with Crippen molar-refractivity contribution >= 4 is 30.7 Å². The van der Waals surface area contributed by atoms with Crippen molar-refractivity contribution in [3.8, 4) is 0 Å². The fraction of sp³-hybridized carbons (Fsp3) is 0.923. The molecule has 0 aromatic carbocycles. The van der Waals surface area contributed by atoms with Gasteiger partial charge in [-0.05, 0) is 26.3 Å². The molecule has 2 aliphatic rings. The first-order chi connectivity index (χ1) is 8.65. The summed E-state index contributed by atoms with van der Waals surface area (Å²) in [6, 6.07) is 0.881. The lowest BCUT2D eigenvalue weighted by atomic mass is 10.1. The lowest BCUT2D eigenvalue weighted by molar-refractivity contribution is -0.139. The fourth-order valence-corrected chi connectivity index (χ4v) is 3.11. The maximum Gasteiger partial charge on any atom is 0.225 e. The third kappa shape index (κ3) is 4.46. The van der Waals surface area contributed by atoms with Crippen LogP contribution in [-0.4, -0.2) is 67.2 Å². The van der Waals surface area contributed by atoms with Crippen LogP contribution in [0.2, 0.25) is 0 Å². The van der Waals surface area contributed by atoms with Crippen molar-refractivity contribution in [2.45, 2.75) is 44.4 Å². The number of fused-ring (bicyclic) bond motifs is 1. The van der Waals surface area contributed by atoms with Gasteiger partial charge in [-0.15, -0.1) is 24.8 Å². The normalized spacial score (nSPS) is 27.2. The van der Waals surface area contributed by atoms with Gasteiger partial charge < -0.3 is 15.4 Å². The Bertz CT molecular complexity index is 303. The number of nitrogens with two attached hydrogens (primary N) is 1. The highest BCUT2D eigenvalue weighted by molar-refractivity contribution is 5.85. The van der Waals surface area contributed by atoms with Crippen molar-refractivity contribution in [3.63, 3.8) is 0 Å². The second-order valence-corrected chi connectivity index (χ2v) is 5.48. The maximum absolute atomic E-state index is 12.3. The first kappa shape index (κ1) is 19.9. The molecule has 0 radical (unpaired) electrons. The Labute approximate surface area is 134 Å². The molecule has 0 aromatic rings. The average Bonchev–Trinajstić information content (AvgIpc) is 2.81. The van der Waals surface area contributed by atoms with E-state index in [0.29, 0.717) is 25.0 Å². The van der Waals surface area contributed by atoms with Gasteiger partial charge in [0.15, 0.2) is 0 Å². The van der Waals surface area contributed by atoms with Gasteiger partial charge in [-0.3, -0.25) is 9.69 Å². The standard InChI is InChI=1S/C13H25N3O2.2ClH/c1-10-8-15-5-3-4-11(15)9-16(10)13(17)6-12(7-14)18-2;;/h10-12H,3-9,14H2,1-2H3;2*1H. The van der Waals surface area contributed by atoms with Gasteiger partial charge in [-0.2, -0.15) is 0 Å². The van der Waals surface area contributed by atoms with Gasteiger partial charge >= 0.3 is 0 Å². The molecule has 0 bridgehead atoms. The summed E-state index contributed by atoms with van der Waals surface area (Å²) in [5.74, 6) is 0.186. The number of methoxy groups -OCH3 is 1. The Kier molecular flexibility index (Phi) is 9.02. The lowest BCUT2D eigenvalue weighted by Gasteiger charge is -2.42. The van der Waals surface area contributed by atoms with E-state index in [1.165, 1.54) is 19.4 Å². The van der Waals surface area contributed by atoms with E-state index in [4.69, 9.17) is 10.5 Å². The van der Waals surface area contributed by atoms with Gasteiger partial charge in [0.05, 0.1) is 12.5 Å². The van der Waals surface area contributed by atoms with Crippen LogP contribution in [0.15, 0.2) is 0 Å². The van der Waals surface area contributed by atoms with E-state index in [9.17, 15) is 4.79 Å². The highest BCUT2D eigenvalue weighted by Gasteiger charge is 2.36. The molecular formula is C13H27Cl2N3O2. The van der Waals surface area contributed by atoms with Gasteiger partial charge in [0.25, 0.3) is 0 Å². The predicted octanol–water partition coefficient (Wildman–Crippen LogP) is 0.889. The average molecular weight is 328 g/mol. The van der Waals surface area contributed by atoms with E-state index in [1.54, 1.807) is 7.11 Å². The molecule has 0 aromatic heterocycles.